The molecular formula is C24H10F21NO3S. The molecule has 0 heterocycles. The molecule has 0 radical (unpaired) electrons. The molecule has 0 aromatic heterocycles. The van der Waals surface area contributed by atoms with Crippen LogP contribution >= 0.6 is 0 Å². The molecule has 0 N–H and O–H groups in total. The molecule has 0 saturated heterocycles. The Morgan fingerprint density at radius 1 is 0.620 bits per heavy atom. The summed E-state index contributed by atoms with van der Waals surface area (Å²) >= 11 is 0. The Kier molecular flexibility index (Phi) is 9.56. The fourth-order valence-electron chi connectivity index (χ4n) is 4.12. The van der Waals surface area contributed by atoms with Crippen LogP contribution in [0.25, 0.3) is 11.1 Å². The Morgan fingerprint density at radius 2 is 1.12 bits per heavy atom. The van der Waals surface area contributed by atoms with Crippen LogP contribution in [0, 0.1) is 0 Å². The van der Waals surface area contributed by atoms with Crippen LogP contribution in [0.3, 0.4) is 0 Å². The maximum absolute atomic E-state index is 15.2. The van der Waals surface area contributed by atoms with Crippen molar-refractivity contribution >= 4 is 15.8 Å². The van der Waals surface area contributed by atoms with E-state index in [-0.39, 0.29) is 28.8 Å². The highest BCUT2D eigenvalue weighted by Crippen LogP contribution is 2.59. The van der Waals surface area contributed by atoms with Gasteiger partial charge in [-0.25, -0.2) is 8.78 Å². The number of nitrogens with zero attached hydrogens (tertiary/aromatic N) is 1. The van der Waals surface area contributed by atoms with Gasteiger partial charge in [-0.2, -0.15) is 91.8 Å². The maximum atomic E-state index is 15.2. The molecule has 0 amide bonds. The summed E-state index contributed by atoms with van der Waals surface area (Å²) in [5, 5.41) is -6.60. The number of alkyl halides is 21. The summed E-state index contributed by atoms with van der Waals surface area (Å²) in [5.74, 6) is -56.0. The number of rotatable bonds is 12. The quantitative estimate of drug-likeness (QED) is 0.105. The van der Waals surface area contributed by atoms with Crippen molar-refractivity contribution in [1.29, 1.82) is 0 Å². The van der Waals surface area contributed by atoms with Crippen LogP contribution < -0.4 is 0 Å². The molecule has 0 aliphatic heterocycles. The summed E-state index contributed by atoms with van der Waals surface area (Å²) in [6.07, 6.45) is -14.1. The zero-order valence-electron chi connectivity index (χ0n) is 22.8. The standard InChI is InChI=1S/C24H10F21NO3S/c25-15(26)17(29,30)19(33,34)20(35,36)18(31,32)16(27,28)14(10-5-6-13-11(8-10)7-9-3-1-2-4-12(9)13)46-49-50(47,48)24(44,45)22(39,40)21(37,38)23(41,42)43/h1-6,8,15H,7H2/b46-14+. The molecule has 1 aliphatic carbocycles. The second kappa shape index (κ2) is 11.7. The maximum Gasteiger partial charge on any atom is 0.460 e. The third-order valence-corrected chi connectivity index (χ3v) is 8.05. The lowest BCUT2D eigenvalue weighted by atomic mass is 9.89. The summed E-state index contributed by atoms with van der Waals surface area (Å²) in [7, 11) is -8.41. The first-order valence-corrected chi connectivity index (χ1v) is 13.6. The van der Waals surface area contributed by atoms with E-state index in [9.17, 15) is 91.8 Å². The Morgan fingerprint density at radius 3 is 1.62 bits per heavy atom. The molecule has 0 spiro atoms. The first-order chi connectivity index (χ1) is 22.1. The normalized spacial score (nSPS) is 16.1. The summed E-state index contributed by atoms with van der Waals surface area (Å²) in [6, 6.07) is 5.96. The third kappa shape index (κ3) is 5.58. The van der Waals surface area contributed by atoms with E-state index >= 15 is 8.78 Å². The molecule has 0 saturated carbocycles. The van der Waals surface area contributed by atoms with Gasteiger partial charge in [-0.15, -0.1) is 0 Å². The lowest BCUT2D eigenvalue weighted by Crippen LogP contribution is -2.70. The van der Waals surface area contributed by atoms with Gasteiger partial charge in [0.15, 0.2) is 5.71 Å². The van der Waals surface area contributed by atoms with Crippen molar-refractivity contribution in [2.75, 3.05) is 0 Å². The molecular weight excluding hydrogens is 781 g/mol. The van der Waals surface area contributed by atoms with E-state index in [1.807, 2.05) is 0 Å². The van der Waals surface area contributed by atoms with Gasteiger partial charge < -0.3 is 0 Å². The predicted octanol–water partition coefficient (Wildman–Crippen LogP) is 9.18. The van der Waals surface area contributed by atoms with Crippen LogP contribution in [0.1, 0.15) is 16.7 Å². The molecule has 3 rings (SSSR count). The van der Waals surface area contributed by atoms with E-state index in [0.29, 0.717) is 6.07 Å². The van der Waals surface area contributed by atoms with E-state index in [0.717, 1.165) is 0 Å². The Labute approximate surface area is 262 Å². The fraction of sp³-hybridized carbons (Fsp3) is 0.458. The lowest BCUT2D eigenvalue weighted by Gasteiger charge is -2.39. The number of hydrogen-bond acceptors (Lipinski definition) is 4. The van der Waals surface area contributed by atoms with E-state index in [2.05, 4.69) is 4.28 Å². The third-order valence-electron chi connectivity index (χ3n) is 6.90. The Bertz CT molecular complexity index is 1770. The van der Waals surface area contributed by atoms with Gasteiger partial charge in [-0.05, 0) is 34.7 Å². The van der Waals surface area contributed by atoms with Crippen LogP contribution in [0.4, 0.5) is 92.2 Å². The molecule has 4 nitrogen and oxygen atoms in total. The van der Waals surface area contributed by atoms with Crippen molar-refractivity contribution in [3.8, 4) is 11.1 Å². The van der Waals surface area contributed by atoms with Crippen LogP contribution in [-0.2, 0) is 20.8 Å². The topological polar surface area (TPSA) is 55.7 Å². The van der Waals surface area contributed by atoms with Gasteiger partial charge in [0.2, 0.25) is 0 Å². The van der Waals surface area contributed by atoms with E-state index in [1.54, 1.807) is 0 Å². The second-order valence-corrected chi connectivity index (χ2v) is 11.6. The lowest BCUT2D eigenvalue weighted by molar-refractivity contribution is -0.404. The van der Waals surface area contributed by atoms with Crippen molar-refractivity contribution < 1.29 is 105 Å². The zero-order chi connectivity index (χ0) is 39.1. The number of halogens is 21. The van der Waals surface area contributed by atoms with Crippen LogP contribution in [0.5, 0.6) is 0 Å². The number of benzene rings is 2. The van der Waals surface area contributed by atoms with Gasteiger partial charge in [0, 0.05) is 5.56 Å². The average Bonchev–Trinajstić information content (AvgIpc) is 3.33. The SMILES string of the molecule is O=S(=O)(O/N=C(\c1ccc2c(c1)Cc1ccccc1-2)C(F)(F)C(F)(F)C(F)(F)C(F)(F)C(F)(F)C(F)F)C(F)(F)C(F)(F)C(F)(F)C(F)(F)F. The van der Waals surface area contributed by atoms with Gasteiger partial charge >= 0.3 is 69.4 Å². The average molecular weight is 791 g/mol. The van der Waals surface area contributed by atoms with Gasteiger partial charge in [-0.3, -0.25) is 4.28 Å². The van der Waals surface area contributed by atoms with Gasteiger partial charge in [0.1, 0.15) is 0 Å². The van der Waals surface area contributed by atoms with E-state index in [1.165, 1.54) is 29.4 Å². The van der Waals surface area contributed by atoms with Crippen molar-refractivity contribution in [2.45, 2.75) is 65.7 Å². The highest BCUT2D eigenvalue weighted by atomic mass is 32.2. The van der Waals surface area contributed by atoms with Crippen molar-refractivity contribution in [1.82, 2.24) is 0 Å². The Hall–Kier alpha value is -3.61. The van der Waals surface area contributed by atoms with Crippen LogP contribution in [0.2, 0.25) is 0 Å². The first kappa shape index (κ1) is 40.8. The summed E-state index contributed by atoms with van der Waals surface area (Å²) < 4.78 is 312. The molecule has 0 fully saturated rings. The number of fused-ring (bicyclic) bond motifs is 3. The van der Waals surface area contributed by atoms with Gasteiger partial charge in [0.05, 0.1) is 0 Å². The summed E-state index contributed by atoms with van der Waals surface area (Å²) in [6.45, 7) is 0. The molecule has 26 heteroatoms. The largest absolute Gasteiger partial charge is 0.460 e. The van der Waals surface area contributed by atoms with Crippen molar-refractivity contribution in [3.05, 3.63) is 59.2 Å². The molecule has 2 aromatic rings. The van der Waals surface area contributed by atoms with Crippen molar-refractivity contribution in [2.24, 2.45) is 5.16 Å². The molecule has 0 atom stereocenters. The second-order valence-electron chi connectivity index (χ2n) is 10.1. The minimum atomic E-state index is -8.41. The van der Waals surface area contributed by atoms with Crippen LogP contribution in [-0.4, -0.2) is 73.4 Å². The molecule has 0 bridgehead atoms. The van der Waals surface area contributed by atoms with Gasteiger partial charge in [0.25, 0.3) is 0 Å². The van der Waals surface area contributed by atoms with E-state index in [4.69, 9.17) is 0 Å². The highest BCUT2D eigenvalue weighted by molar-refractivity contribution is 7.87. The minimum absolute atomic E-state index is 0.00562. The first-order valence-electron chi connectivity index (χ1n) is 12.2. The van der Waals surface area contributed by atoms with Crippen molar-refractivity contribution in [3.63, 3.8) is 0 Å². The molecule has 282 valence electrons. The van der Waals surface area contributed by atoms with Gasteiger partial charge in [-0.1, -0.05) is 41.6 Å². The summed E-state index contributed by atoms with van der Waals surface area (Å²) in [5.41, 5.74) is -5.69. The molecule has 50 heavy (non-hydrogen) atoms. The number of oxime groups is 1. The summed E-state index contributed by atoms with van der Waals surface area (Å²) in [4.78, 5) is 0. The number of hydrogen-bond donors (Lipinski definition) is 0. The zero-order valence-corrected chi connectivity index (χ0v) is 23.7. The Balaban J connectivity index is 2.30. The molecule has 0 unspecified atom stereocenters. The highest BCUT2D eigenvalue weighted by Gasteiger charge is 2.89. The predicted molar refractivity (Wildman–Crippen MR) is 123 cm³/mol. The monoisotopic (exact) mass is 791 g/mol. The smallest absolute Gasteiger partial charge is 0.263 e. The fourth-order valence-corrected chi connectivity index (χ4v) is 4.83. The van der Waals surface area contributed by atoms with E-state index < -0.39 is 92.7 Å². The van der Waals surface area contributed by atoms with Crippen LogP contribution in [0.15, 0.2) is 47.6 Å². The minimum Gasteiger partial charge on any atom is -0.263 e. The molecule has 2 aromatic carbocycles. The molecule has 1 aliphatic rings.